The fourth-order valence-corrected chi connectivity index (χ4v) is 2.08. The lowest BCUT2D eigenvalue weighted by molar-refractivity contribution is 0.198. The van der Waals surface area contributed by atoms with Crippen molar-refractivity contribution < 1.29 is 14.0 Å². The molecule has 1 N–H and O–H groups in total. The number of aromatic nitrogens is 1. The molecule has 0 fully saturated rings. The van der Waals surface area contributed by atoms with Crippen molar-refractivity contribution in [2.24, 2.45) is 0 Å². The lowest BCUT2D eigenvalue weighted by Crippen LogP contribution is -2.19. The van der Waals surface area contributed by atoms with Crippen molar-refractivity contribution >= 4 is 0 Å². The Labute approximate surface area is 125 Å². The number of rotatable bonds is 8. The average Bonchev–Trinajstić information content (AvgIpc) is 2.88. The molecule has 0 saturated heterocycles. The van der Waals surface area contributed by atoms with Crippen LogP contribution >= 0.6 is 0 Å². The van der Waals surface area contributed by atoms with E-state index < -0.39 is 0 Å². The molecule has 21 heavy (non-hydrogen) atoms. The fraction of sp³-hybridized carbons (Fsp3) is 0.438. The molecular weight excluding hydrogens is 268 g/mol. The minimum absolute atomic E-state index is 0.386. The Morgan fingerprint density at radius 3 is 2.86 bits per heavy atom. The summed E-state index contributed by atoms with van der Waals surface area (Å²) in [4.78, 5) is 0. The van der Waals surface area contributed by atoms with Crippen LogP contribution in [0.1, 0.15) is 22.6 Å². The first-order valence-electron chi connectivity index (χ1n) is 7.04. The van der Waals surface area contributed by atoms with Gasteiger partial charge in [0.1, 0.15) is 12.4 Å². The van der Waals surface area contributed by atoms with Crippen LogP contribution < -0.4 is 10.1 Å². The molecule has 0 saturated carbocycles. The van der Waals surface area contributed by atoms with E-state index in [0.717, 1.165) is 41.4 Å². The largest absolute Gasteiger partial charge is 0.485 e. The lowest BCUT2D eigenvalue weighted by atomic mass is 10.1. The van der Waals surface area contributed by atoms with E-state index in [4.69, 9.17) is 14.0 Å². The van der Waals surface area contributed by atoms with Crippen molar-refractivity contribution in [3.8, 4) is 5.75 Å². The van der Waals surface area contributed by atoms with Crippen LogP contribution in [0.3, 0.4) is 0 Å². The topological polar surface area (TPSA) is 56.5 Å². The Balaban J connectivity index is 1.99. The van der Waals surface area contributed by atoms with Gasteiger partial charge in [0.2, 0.25) is 0 Å². The van der Waals surface area contributed by atoms with Crippen LogP contribution in [0.5, 0.6) is 5.75 Å². The minimum Gasteiger partial charge on any atom is -0.485 e. The fourth-order valence-electron chi connectivity index (χ4n) is 2.08. The second kappa shape index (κ2) is 7.81. The monoisotopic (exact) mass is 290 g/mol. The molecular formula is C16H22N2O3. The molecule has 114 valence electrons. The predicted molar refractivity (Wildman–Crippen MR) is 80.3 cm³/mol. The summed E-state index contributed by atoms with van der Waals surface area (Å²) in [5.74, 6) is 1.63. The van der Waals surface area contributed by atoms with Gasteiger partial charge in [-0.25, -0.2) is 0 Å². The van der Waals surface area contributed by atoms with E-state index >= 15 is 0 Å². The zero-order chi connectivity index (χ0) is 15.1. The van der Waals surface area contributed by atoms with E-state index in [2.05, 4.69) is 16.5 Å². The van der Waals surface area contributed by atoms with E-state index in [1.165, 1.54) is 0 Å². The number of ether oxygens (including phenoxy) is 2. The maximum Gasteiger partial charge on any atom is 0.174 e. The first kappa shape index (κ1) is 15.5. The molecule has 5 heteroatoms. The van der Waals surface area contributed by atoms with Gasteiger partial charge < -0.3 is 19.3 Å². The van der Waals surface area contributed by atoms with E-state index in [-0.39, 0.29) is 0 Å². The molecule has 0 aliphatic heterocycles. The molecule has 0 aliphatic rings. The predicted octanol–water partition coefficient (Wildman–Crippen LogP) is 2.61. The SMILES string of the molecule is COCCNCc1cccc(C)c1OCc1cc(C)no1. The number of nitrogens with zero attached hydrogens (tertiary/aromatic N) is 1. The van der Waals surface area contributed by atoms with Crippen LogP contribution in [-0.4, -0.2) is 25.4 Å². The molecule has 5 nitrogen and oxygen atoms in total. The quantitative estimate of drug-likeness (QED) is 0.757. The zero-order valence-electron chi connectivity index (χ0n) is 12.8. The molecule has 2 rings (SSSR count). The number of aryl methyl sites for hydroxylation is 2. The van der Waals surface area contributed by atoms with Crippen LogP contribution in [-0.2, 0) is 17.9 Å². The third-order valence-electron chi connectivity index (χ3n) is 3.13. The average molecular weight is 290 g/mol. The van der Waals surface area contributed by atoms with E-state index in [0.29, 0.717) is 13.2 Å². The maximum atomic E-state index is 5.92. The van der Waals surface area contributed by atoms with E-state index in [9.17, 15) is 0 Å². The smallest absolute Gasteiger partial charge is 0.174 e. The lowest BCUT2D eigenvalue weighted by Gasteiger charge is -2.13. The van der Waals surface area contributed by atoms with Crippen molar-refractivity contribution in [3.05, 3.63) is 46.8 Å². The molecule has 1 heterocycles. The zero-order valence-corrected chi connectivity index (χ0v) is 12.8. The van der Waals surface area contributed by atoms with Crippen LogP contribution in [0.15, 0.2) is 28.8 Å². The Bertz CT molecular complexity index is 566. The van der Waals surface area contributed by atoms with Gasteiger partial charge in [0.25, 0.3) is 0 Å². The summed E-state index contributed by atoms with van der Waals surface area (Å²) in [6.45, 7) is 6.57. The molecule has 0 atom stereocenters. The van der Waals surface area contributed by atoms with Gasteiger partial charge in [-0.2, -0.15) is 0 Å². The van der Waals surface area contributed by atoms with Crippen molar-refractivity contribution in [1.82, 2.24) is 10.5 Å². The number of nitrogens with one attached hydrogen (secondary N) is 1. The van der Waals surface area contributed by atoms with Gasteiger partial charge in [0.05, 0.1) is 12.3 Å². The number of hydrogen-bond acceptors (Lipinski definition) is 5. The first-order chi connectivity index (χ1) is 10.2. The summed E-state index contributed by atoms with van der Waals surface area (Å²) >= 11 is 0. The highest BCUT2D eigenvalue weighted by Crippen LogP contribution is 2.24. The summed E-state index contributed by atoms with van der Waals surface area (Å²) in [5, 5.41) is 7.19. The summed E-state index contributed by atoms with van der Waals surface area (Å²) < 4.78 is 16.1. The van der Waals surface area contributed by atoms with Crippen LogP contribution in [0, 0.1) is 13.8 Å². The number of benzene rings is 1. The van der Waals surface area contributed by atoms with Gasteiger partial charge in [-0.05, 0) is 19.4 Å². The highest BCUT2D eigenvalue weighted by atomic mass is 16.5. The maximum absolute atomic E-state index is 5.92. The van der Waals surface area contributed by atoms with Gasteiger partial charge in [-0.1, -0.05) is 23.4 Å². The molecule has 0 radical (unpaired) electrons. The van der Waals surface area contributed by atoms with Crippen molar-refractivity contribution in [2.75, 3.05) is 20.3 Å². The van der Waals surface area contributed by atoms with Crippen LogP contribution in [0.2, 0.25) is 0 Å². The highest BCUT2D eigenvalue weighted by molar-refractivity contribution is 5.40. The van der Waals surface area contributed by atoms with Gasteiger partial charge in [0, 0.05) is 31.8 Å². The van der Waals surface area contributed by atoms with Crippen molar-refractivity contribution in [2.45, 2.75) is 27.0 Å². The Hall–Kier alpha value is -1.85. The number of hydrogen-bond donors (Lipinski definition) is 1. The van der Waals surface area contributed by atoms with Gasteiger partial charge in [-0.3, -0.25) is 0 Å². The summed E-state index contributed by atoms with van der Waals surface area (Å²) in [5.41, 5.74) is 3.10. The van der Waals surface area contributed by atoms with Crippen LogP contribution in [0.25, 0.3) is 0 Å². The second-order valence-corrected chi connectivity index (χ2v) is 4.96. The standard InChI is InChI=1S/C16H22N2O3/c1-12-5-4-6-14(10-17-7-8-19-3)16(12)20-11-15-9-13(2)18-21-15/h4-6,9,17H,7-8,10-11H2,1-3H3. The molecule has 1 aromatic heterocycles. The van der Waals surface area contributed by atoms with Crippen molar-refractivity contribution in [3.63, 3.8) is 0 Å². The molecule has 0 unspecified atom stereocenters. The van der Waals surface area contributed by atoms with Gasteiger partial charge >= 0.3 is 0 Å². The molecule has 0 amide bonds. The minimum atomic E-state index is 0.386. The molecule has 2 aromatic rings. The first-order valence-corrected chi connectivity index (χ1v) is 7.04. The van der Waals surface area contributed by atoms with Gasteiger partial charge in [-0.15, -0.1) is 0 Å². The third-order valence-corrected chi connectivity index (χ3v) is 3.13. The molecule has 1 aromatic carbocycles. The highest BCUT2D eigenvalue weighted by Gasteiger charge is 2.09. The molecule has 0 spiro atoms. The summed E-state index contributed by atoms with van der Waals surface area (Å²) in [6, 6.07) is 8.02. The number of para-hydroxylation sites is 1. The third kappa shape index (κ3) is 4.58. The summed E-state index contributed by atoms with van der Waals surface area (Å²) in [6.07, 6.45) is 0. The second-order valence-electron chi connectivity index (χ2n) is 4.96. The van der Waals surface area contributed by atoms with E-state index in [1.807, 2.05) is 32.0 Å². The van der Waals surface area contributed by atoms with Gasteiger partial charge in [0.15, 0.2) is 5.76 Å². The normalized spacial score (nSPS) is 10.8. The van der Waals surface area contributed by atoms with E-state index in [1.54, 1.807) is 7.11 Å². The van der Waals surface area contributed by atoms with Crippen LogP contribution in [0.4, 0.5) is 0 Å². The van der Waals surface area contributed by atoms with Crippen molar-refractivity contribution in [1.29, 1.82) is 0 Å². The Morgan fingerprint density at radius 2 is 2.14 bits per heavy atom. The number of methoxy groups -OCH3 is 1. The Morgan fingerprint density at radius 1 is 1.29 bits per heavy atom. The Kier molecular flexibility index (Phi) is 5.78. The molecule has 0 aliphatic carbocycles. The summed E-state index contributed by atoms with van der Waals surface area (Å²) in [7, 11) is 1.70. The molecule has 0 bridgehead atoms.